The van der Waals surface area contributed by atoms with Gasteiger partial charge in [-0.2, -0.15) is 0 Å². The Morgan fingerprint density at radius 3 is 2.56 bits per heavy atom. The van der Waals surface area contributed by atoms with Crippen molar-refractivity contribution in [2.24, 2.45) is 0 Å². The lowest BCUT2D eigenvalue weighted by Crippen LogP contribution is -2.22. The van der Waals surface area contributed by atoms with Crippen molar-refractivity contribution in [2.75, 3.05) is 0 Å². The maximum absolute atomic E-state index is 13.4. The van der Waals surface area contributed by atoms with Gasteiger partial charge in [0.05, 0.1) is 16.6 Å². The summed E-state index contributed by atoms with van der Waals surface area (Å²) in [5.41, 5.74) is 1.47. The fourth-order valence-corrected chi connectivity index (χ4v) is 2.92. The first-order chi connectivity index (χ1) is 13.1. The molecule has 4 rings (SSSR count). The summed E-state index contributed by atoms with van der Waals surface area (Å²) in [6, 6.07) is 19.6. The first-order valence-corrected chi connectivity index (χ1v) is 8.37. The summed E-state index contributed by atoms with van der Waals surface area (Å²) in [7, 11) is 0. The molecule has 1 N–H and O–H groups in total. The molecular weight excluding hydrogens is 343 g/mol. The molecule has 0 aliphatic heterocycles. The van der Waals surface area contributed by atoms with Crippen molar-refractivity contribution in [3.63, 3.8) is 0 Å². The van der Waals surface area contributed by atoms with Crippen LogP contribution in [0.2, 0.25) is 0 Å². The molecule has 5 heteroatoms. The summed E-state index contributed by atoms with van der Waals surface area (Å²) in [6.45, 7) is 0. The van der Waals surface area contributed by atoms with Crippen LogP contribution < -0.4 is 5.56 Å². The highest BCUT2D eigenvalue weighted by Gasteiger charge is 2.11. The van der Waals surface area contributed by atoms with Crippen molar-refractivity contribution in [1.82, 2.24) is 9.55 Å². The highest BCUT2D eigenvalue weighted by molar-refractivity contribution is 5.80. The van der Waals surface area contributed by atoms with Gasteiger partial charge in [-0.25, -0.2) is 9.37 Å². The van der Waals surface area contributed by atoms with Gasteiger partial charge in [0.15, 0.2) is 0 Å². The monoisotopic (exact) mass is 358 g/mol. The molecule has 0 amide bonds. The van der Waals surface area contributed by atoms with Gasteiger partial charge in [0, 0.05) is 6.07 Å². The van der Waals surface area contributed by atoms with Gasteiger partial charge in [0.25, 0.3) is 5.56 Å². The molecule has 0 aliphatic carbocycles. The number of hydrogen-bond donors (Lipinski definition) is 1. The number of para-hydroxylation sites is 1. The van der Waals surface area contributed by atoms with E-state index in [1.807, 2.05) is 6.07 Å². The van der Waals surface area contributed by atoms with E-state index in [0.29, 0.717) is 28.0 Å². The lowest BCUT2D eigenvalue weighted by atomic mass is 10.2. The topological polar surface area (TPSA) is 55.1 Å². The van der Waals surface area contributed by atoms with Gasteiger partial charge in [-0.3, -0.25) is 9.36 Å². The molecule has 4 aromatic rings. The van der Waals surface area contributed by atoms with Crippen LogP contribution in [0.5, 0.6) is 5.75 Å². The molecule has 0 bridgehead atoms. The van der Waals surface area contributed by atoms with Gasteiger partial charge in [0.1, 0.15) is 17.4 Å². The van der Waals surface area contributed by atoms with Crippen LogP contribution in [0.4, 0.5) is 4.39 Å². The molecular formula is C22H15FN2O2. The highest BCUT2D eigenvalue weighted by atomic mass is 19.1. The second-order valence-corrected chi connectivity index (χ2v) is 6.04. The number of benzene rings is 3. The predicted molar refractivity (Wildman–Crippen MR) is 104 cm³/mol. The molecule has 0 unspecified atom stereocenters. The van der Waals surface area contributed by atoms with Crippen LogP contribution in [0.3, 0.4) is 0 Å². The number of rotatable bonds is 3. The van der Waals surface area contributed by atoms with Crippen molar-refractivity contribution in [1.29, 1.82) is 0 Å². The normalized spacial score (nSPS) is 11.3. The smallest absolute Gasteiger partial charge is 0.266 e. The van der Waals surface area contributed by atoms with Crippen molar-refractivity contribution in [3.05, 3.63) is 100 Å². The van der Waals surface area contributed by atoms with E-state index in [-0.39, 0.29) is 17.1 Å². The summed E-state index contributed by atoms with van der Waals surface area (Å²) in [6.07, 6.45) is 3.35. The van der Waals surface area contributed by atoms with E-state index in [0.717, 1.165) is 0 Å². The Bertz CT molecular complexity index is 1230. The minimum absolute atomic E-state index is 0.0487. The Hall–Kier alpha value is -3.73. The molecule has 0 aliphatic rings. The first kappa shape index (κ1) is 16.7. The third-order valence-electron chi connectivity index (χ3n) is 4.16. The van der Waals surface area contributed by atoms with Gasteiger partial charge in [0.2, 0.25) is 0 Å². The average Bonchev–Trinajstić information content (AvgIpc) is 2.66. The number of hydrogen-bond acceptors (Lipinski definition) is 3. The zero-order valence-electron chi connectivity index (χ0n) is 14.2. The molecule has 0 fully saturated rings. The van der Waals surface area contributed by atoms with Crippen molar-refractivity contribution < 1.29 is 9.50 Å². The van der Waals surface area contributed by atoms with Crippen LogP contribution in [0.25, 0.3) is 28.7 Å². The second-order valence-electron chi connectivity index (χ2n) is 6.04. The molecule has 3 aromatic carbocycles. The van der Waals surface area contributed by atoms with E-state index in [2.05, 4.69) is 4.98 Å². The molecule has 132 valence electrons. The largest absolute Gasteiger partial charge is 0.508 e. The number of aromatic nitrogens is 2. The van der Waals surface area contributed by atoms with Crippen molar-refractivity contribution in [3.8, 4) is 11.4 Å². The maximum Gasteiger partial charge on any atom is 0.266 e. The Balaban J connectivity index is 1.95. The van der Waals surface area contributed by atoms with Crippen molar-refractivity contribution >= 4 is 23.1 Å². The lowest BCUT2D eigenvalue weighted by molar-refractivity contribution is 0.475. The number of nitrogens with zero attached hydrogens (tertiary/aromatic N) is 2. The van der Waals surface area contributed by atoms with E-state index in [1.165, 1.54) is 28.8 Å². The van der Waals surface area contributed by atoms with Crippen molar-refractivity contribution in [2.45, 2.75) is 0 Å². The second kappa shape index (κ2) is 6.88. The number of fused-ring (bicyclic) bond motifs is 1. The fourth-order valence-electron chi connectivity index (χ4n) is 2.92. The van der Waals surface area contributed by atoms with Crippen LogP contribution in [-0.2, 0) is 0 Å². The summed E-state index contributed by atoms with van der Waals surface area (Å²) in [5, 5.41) is 10.3. The molecule has 1 heterocycles. The van der Waals surface area contributed by atoms with Gasteiger partial charge >= 0.3 is 0 Å². The zero-order chi connectivity index (χ0) is 18.8. The molecule has 0 spiro atoms. The van der Waals surface area contributed by atoms with E-state index >= 15 is 0 Å². The highest BCUT2D eigenvalue weighted by Crippen LogP contribution is 2.18. The van der Waals surface area contributed by atoms with Gasteiger partial charge in [-0.15, -0.1) is 0 Å². The third-order valence-corrected chi connectivity index (χ3v) is 4.16. The predicted octanol–water partition coefficient (Wildman–Crippen LogP) is 4.40. The SMILES string of the molecule is O=c1c2ccccc2nc(/C=C/c2cccc(F)c2)n1-c1cccc(O)c1. The maximum atomic E-state index is 13.4. The minimum Gasteiger partial charge on any atom is -0.508 e. The van der Waals surface area contributed by atoms with E-state index in [1.54, 1.807) is 54.6 Å². The zero-order valence-corrected chi connectivity index (χ0v) is 14.2. The quantitative estimate of drug-likeness (QED) is 0.590. The summed E-state index contributed by atoms with van der Waals surface area (Å²) in [5.74, 6) is 0.0928. The van der Waals surface area contributed by atoms with Gasteiger partial charge < -0.3 is 5.11 Å². The molecule has 27 heavy (non-hydrogen) atoms. The molecule has 0 saturated carbocycles. The Morgan fingerprint density at radius 1 is 0.926 bits per heavy atom. The third kappa shape index (κ3) is 3.35. The minimum atomic E-state index is -0.339. The van der Waals surface area contributed by atoms with Gasteiger partial charge in [-0.05, 0) is 48.0 Å². The summed E-state index contributed by atoms with van der Waals surface area (Å²) in [4.78, 5) is 17.7. The molecule has 0 radical (unpaired) electrons. The Labute approximate surface area is 154 Å². The molecule has 0 atom stereocenters. The van der Waals surface area contributed by atoms with Crippen LogP contribution >= 0.6 is 0 Å². The first-order valence-electron chi connectivity index (χ1n) is 8.37. The number of halogens is 1. The average molecular weight is 358 g/mol. The van der Waals surface area contributed by atoms with E-state index < -0.39 is 0 Å². The van der Waals surface area contributed by atoms with Crippen LogP contribution in [0.1, 0.15) is 11.4 Å². The van der Waals surface area contributed by atoms with Crippen LogP contribution in [0, 0.1) is 5.82 Å². The number of phenols is 1. The van der Waals surface area contributed by atoms with Gasteiger partial charge in [-0.1, -0.05) is 36.4 Å². The standard InChI is InChI=1S/C22H15FN2O2/c23-16-6-3-5-15(13-16)11-12-21-24-20-10-2-1-9-19(20)22(27)25(21)17-7-4-8-18(26)14-17/h1-14,26H/b12-11+. The number of aromatic hydroxyl groups is 1. The Kier molecular flexibility index (Phi) is 4.26. The molecule has 1 aromatic heterocycles. The molecule has 4 nitrogen and oxygen atoms in total. The number of phenolic OH excluding ortho intramolecular Hbond substituents is 1. The van der Waals surface area contributed by atoms with E-state index in [4.69, 9.17) is 0 Å². The molecule has 0 saturated heterocycles. The summed E-state index contributed by atoms with van der Waals surface area (Å²) >= 11 is 0. The van der Waals surface area contributed by atoms with E-state index in [9.17, 15) is 14.3 Å². The Morgan fingerprint density at radius 2 is 1.74 bits per heavy atom. The van der Waals surface area contributed by atoms with Crippen LogP contribution in [0.15, 0.2) is 77.6 Å². The summed E-state index contributed by atoms with van der Waals surface area (Å²) < 4.78 is 14.8. The lowest BCUT2D eigenvalue weighted by Gasteiger charge is -2.11. The fraction of sp³-hybridized carbons (Fsp3) is 0. The van der Waals surface area contributed by atoms with Crippen LogP contribution in [-0.4, -0.2) is 14.7 Å².